The van der Waals surface area contributed by atoms with Gasteiger partial charge in [0.1, 0.15) is 10.7 Å². The molecule has 8 heteroatoms. The van der Waals surface area contributed by atoms with Crippen molar-refractivity contribution >= 4 is 34.1 Å². The highest BCUT2D eigenvalue weighted by atomic mass is 35.5. The summed E-state index contributed by atoms with van der Waals surface area (Å²) in [4.78, 5) is 17.7. The second-order valence-corrected chi connectivity index (χ2v) is 10.8. The van der Waals surface area contributed by atoms with Crippen LogP contribution in [0, 0.1) is 5.92 Å². The third kappa shape index (κ3) is 4.29. The van der Waals surface area contributed by atoms with Crippen molar-refractivity contribution in [1.29, 1.82) is 0 Å². The van der Waals surface area contributed by atoms with Crippen LogP contribution in [0.3, 0.4) is 0 Å². The van der Waals surface area contributed by atoms with E-state index in [-0.39, 0.29) is 5.56 Å². The Balaban J connectivity index is 1.63. The summed E-state index contributed by atoms with van der Waals surface area (Å²) in [5, 5.41) is 5.35. The predicted octanol–water partition coefficient (Wildman–Crippen LogP) is 5.28. The number of rotatable bonds is 6. The predicted molar refractivity (Wildman–Crippen MR) is 150 cm³/mol. The van der Waals surface area contributed by atoms with Crippen molar-refractivity contribution in [2.75, 3.05) is 6.54 Å². The molecule has 4 aromatic rings. The first-order valence-corrected chi connectivity index (χ1v) is 13.1. The molecule has 1 aliphatic heterocycles. The first kappa shape index (κ1) is 24.0. The zero-order valence-corrected chi connectivity index (χ0v) is 21.9. The standard InChI is InChI=1S/C29H27Cl2N5O/c1-35-17-33-15-26(35)29(32,21-8-10-27(31)34-14-21)20-7-9-25-24(12-20)23(19-3-2-4-22(30)11-19)13-28(37)36(25)16-18-5-6-18/h2-4,7-13,15,17-18,34H,5-6,14,16,32H2,1H3. The quantitative estimate of drug-likeness (QED) is 0.332. The minimum Gasteiger partial charge on any atom is -0.372 e. The van der Waals surface area contributed by atoms with Crippen LogP contribution in [-0.2, 0) is 19.1 Å². The van der Waals surface area contributed by atoms with Gasteiger partial charge in [-0.15, -0.1) is 0 Å². The summed E-state index contributed by atoms with van der Waals surface area (Å²) >= 11 is 12.5. The molecular formula is C29H27Cl2N5O. The molecule has 37 heavy (non-hydrogen) atoms. The summed E-state index contributed by atoms with van der Waals surface area (Å²) in [6.45, 7) is 1.22. The molecule has 2 aromatic heterocycles. The van der Waals surface area contributed by atoms with Gasteiger partial charge in [0.15, 0.2) is 0 Å². The largest absolute Gasteiger partial charge is 0.372 e. The molecule has 3 heterocycles. The molecule has 0 saturated heterocycles. The molecule has 0 bridgehead atoms. The maximum Gasteiger partial charge on any atom is 0.251 e. The maximum atomic E-state index is 13.3. The highest BCUT2D eigenvalue weighted by Gasteiger charge is 2.37. The smallest absolute Gasteiger partial charge is 0.251 e. The highest BCUT2D eigenvalue weighted by Crippen LogP contribution is 2.39. The van der Waals surface area contributed by atoms with E-state index in [1.807, 2.05) is 64.7 Å². The summed E-state index contributed by atoms with van der Waals surface area (Å²) in [7, 11) is 1.94. The lowest BCUT2D eigenvalue weighted by Crippen LogP contribution is -2.45. The molecule has 188 valence electrons. The molecule has 1 aliphatic carbocycles. The van der Waals surface area contributed by atoms with Gasteiger partial charge >= 0.3 is 0 Å². The van der Waals surface area contributed by atoms with E-state index in [4.69, 9.17) is 28.9 Å². The number of aromatic nitrogens is 3. The number of allylic oxidation sites excluding steroid dienone is 2. The molecule has 1 fully saturated rings. The van der Waals surface area contributed by atoms with Crippen molar-refractivity contribution in [3.05, 3.63) is 111 Å². The summed E-state index contributed by atoms with van der Waals surface area (Å²) in [6.07, 6.45) is 9.67. The van der Waals surface area contributed by atoms with Crippen molar-refractivity contribution in [2.45, 2.75) is 24.9 Å². The van der Waals surface area contributed by atoms with E-state index in [9.17, 15) is 4.79 Å². The van der Waals surface area contributed by atoms with E-state index in [2.05, 4.69) is 16.4 Å². The highest BCUT2D eigenvalue weighted by molar-refractivity contribution is 6.31. The number of nitrogens with zero attached hydrogens (tertiary/aromatic N) is 3. The Labute approximate surface area is 225 Å². The van der Waals surface area contributed by atoms with Gasteiger partial charge in [0, 0.05) is 36.6 Å². The van der Waals surface area contributed by atoms with Crippen LogP contribution in [0.2, 0.25) is 5.02 Å². The van der Waals surface area contributed by atoms with Crippen LogP contribution in [-0.4, -0.2) is 20.7 Å². The van der Waals surface area contributed by atoms with Gasteiger partial charge in [-0.3, -0.25) is 4.79 Å². The third-order valence-corrected chi connectivity index (χ3v) is 7.94. The molecule has 0 spiro atoms. The van der Waals surface area contributed by atoms with E-state index in [0.29, 0.717) is 22.6 Å². The van der Waals surface area contributed by atoms with Crippen molar-refractivity contribution < 1.29 is 0 Å². The normalized spacial score (nSPS) is 17.2. The summed E-state index contributed by atoms with van der Waals surface area (Å²) in [5.41, 5.74) is 11.7. The minimum atomic E-state index is -0.983. The van der Waals surface area contributed by atoms with E-state index < -0.39 is 5.54 Å². The Morgan fingerprint density at radius 1 is 1.14 bits per heavy atom. The number of nitrogens with two attached hydrogens (primary N) is 1. The van der Waals surface area contributed by atoms with Crippen molar-refractivity contribution in [3.8, 4) is 11.1 Å². The van der Waals surface area contributed by atoms with E-state index in [1.54, 1.807) is 18.6 Å². The topological polar surface area (TPSA) is 77.9 Å². The van der Waals surface area contributed by atoms with Gasteiger partial charge in [0.25, 0.3) is 5.56 Å². The molecule has 1 unspecified atom stereocenters. The minimum absolute atomic E-state index is 0.00765. The first-order valence-electron chi connectivity index (χ1n) is 12.3. The van der Waals surface area contributed by atoms with Crippen LogP contribution < -0.4 is 16.6 Å². The molecule has 0 radical (unpaired) electrons. The van der Waals surface area contributed by atoms with Crippen molar-refractivity contribution in [3.63, 3.8) is 0 Å². The number of halogens is 2. The van der Waals surface area contributed by atoms with Crippen molar-refractivity contribution in [2.24, 2.45) is 18.7 Å². The molecule has 1 atom stereocenters. The molecule has 0 amide bonds. The maximum absolute atomic E-state index is 13.3. The lowest BCUT2D eigenvalue weighted by molar-refractivity contribution is 0.561. The molecule has 6 nitrogen and oxygen atoms in total. The lowest BCUT2D eigenvalue weighted by Gasteiger charge is -2.35. The summed E-state index contributed by atoms with van der Waals surface area (Å²) in [6, 6.07) is 15.5. The zero-order chi connectivity index (χ0) is 25.7. The van der Waals surface area contributed by atoms with Crippen LogP contribution in [0.15, 0.2) is 88.7 Å². The Kier molecular flexibility index (Phi) is 5.98. The molecule has 2 aromatic carbocycles. The molecule has 1 saturated carbocycles. The van der Waals surface area contributed by atoms with Gasteiger partial charge in [-0.05, 0) is 71.4 Å². The number of imidazole rings is 1. The zero-order valence-electron chi connectivity index (χ0n) is 20.4. The van der Waals surface area contributed by atoms with E-state index >= 15 is 0 Å². The van der Waals surface area contributed by atoms with Crippen LogP contribution in [0.4, 0.5) is 0 Å². The average Bonchev–Trinajstić information content (AvgIpc) is 3.62. The number of benzene rings is 2. The molecule has 2 aliphatic rings. The van der Waals surface area contributed by atoms with Gasteiger partial charge in [0.2, 0.25) is 0 Å². The molecule has 3 N–H and O–H groups in total. The number of pyridine rings is 1. The Bertz CT molecular complexity index is 1650. The second kappa shape index (κ2) is 9.21. The number of hydrogen-bond acceptors (Lipinski definition) is 4. The summed E-state index contributed by atoms with van der Waals surface area (Å²) in [5.74, 6) is 0.552. The number of fused-ring (bicyclic) bond motifs is 1. The van der Waals surface area contributed by atoms with Gasteiger partial charge in [-0.1, -0.05) is 47.5 Å². The second-order valence-electron chi connectivity index (χ2n) is 9.95. The fourth-order valence-electron chi connectivity index (χ4n) is 5.25. The van der Waals surface area contributed by atoms with Crippen molar-refractivity contribution in [1.82, 2.24) is 19.4 Å². The fraction of sp³-hybridized carbons (Fsp3) is 0.241. The number of hydrogen-bond donors (Lipinski definition) is 2. The van der Waals surface area contributed by atoms with Gasteiger partial charge in [-0.2, -0.15) is 0 Å². The number of aryl methyl sites for hydroxylation is 1. The molecule has 6 rings (SSSR count). The Hall–Kier alpha value is -3.32. The first-order chi connectivity index (χ1) is 17.8. The third-order valence-electron chi connectivity index (χ3n) is 7.45. The Morgan fingerprint density at radius 3 is 2.65 bits per heavy atom. The monoisotopic (exact) mass is 531 g/mol. The lowest BCUT2D eigenvalue weighted by atomic mass is 9.79. The van der Waals surface area contributed by atoms with E-state index in [1.165, 1.54) is 0 Å². The van der Waals surface area contributed by atoms with Gasteiger partial charge in [-0.25, -0.2) is 4.98 Å². The Morgan fingerprint density at radius 2 is 1.97 bits per heavy atom. The SMILES string of the molecule is Cn1cncc1C(N)(C1=CC=C(Cl)NC1)c1ccc2c(c1)c(-c1cccc(Cl)c1)cc(=O)n2CC1CC1. The summed E-state index contributed by atoms with van der Waals surface area (Å²) < 4.78 is 3.84. The van der Waals surface area contributed by atoms with Crippen LogP contribution in [0.1, 0.15) is 24.1 Å². The van der Waals surface area contributed by atoms with Crippen LogP contribution >= 0.6 is 23.2 Å². The van der Waals surface area contributed by atoms with Crippen LogP contribution in [0.5, 0.6) is 0 Å². The average molecular weight is 532 g/mol. The number of nitrogens with one attached hydrogen (secondary N) is 1. The number of dihydropyridines is 1. The molecular weight excluding hydrogens is 505 g/mol. The van der Waals surface area contributed by atoms with Crippen LogP contribution in [0.25, 0.3) is 22.0 Å². The van der Waals surface area contributed by atoms with Gasteiger partial charge < -0.3 is 20.2 Å². The van der Waals surface area contributed by atoms with E-state index in [0.717, 1.165) is 58.2 Å². The fourth-order valence-corrected chi connectivity index (χ4v) is 5.57. The van der Waals surface area contributed by atoms with Gasteiger partial charge in [0.05, 0.1) is 23.7 Å².